The number of carbonyl (C=O) groups excluding carboxylic acids is 1. The zero-order valence-electron chi connectivity index (χ0n) is 23.8. The Morgan fingerprint density at radius 2 is 1.75 bits per heavy atom. The normalized spacial score (nSPS) is 24.7. The lowest BCUT2D eigenvalue weighted by molar-refractivity contribution is -0.252. The number of nitrogens with one attached hydrogen (secondary N) is 1. The van der Waals surface area contributed by atoms with Crippen molar-refractivity contribution in [1.29, 1.82) is 0 Å². The first-order valence-corrected chi connectivity index (χ1v) is 13.4. The molecule has 0 radical (unpaired) electrons. The van der Waals surface area contributed by atoms with E-state index in [4.69, 9.17) is 19.7 Å². The fourth-order valence-electron chi connectivity index (χ4n) is 4.37. The molecule has 0 amide bonds. The summed E-state index contributed by atoms with van der Waals surface area (Å²) in [5, 5.41) is 44.1. The molecular formula is C28H31F3N6O7. The molecule has 4 rings (SSSR count). The zero-order chi connectivity index (χ0) is 32.3. The van der Waals surface area contributed by atoms with Crippen LogP contribution in [0, 0.1) is 0 Å². The average Bonchev–Trinajstić information content (AvgIpc) is 3.77. The Morgan fingerprint density at radius 1 is 1.11 bits per heavy atom. The highest BCUT2D eigenvalue weighted by molar-refractivity contribution is 5.91. The van der Waals surface area contributed by atoms with Crippen molar-refractivity contribution in [3.63, 3.8) is 0 Å². The van der Waals surface area contributed by atoms with Crippen molar-refractivity contribution in [2.45, 2.75) is 75.4 Å². The predicted molar refractivity (Wildman–Crippen MR) is 147 cm³/mol. The molecule has 236 valence electrons. The zero-order valence-corrected chi connectivity index (χ0v) is 23.8. The number of esters is 1. The Morgan fingerprint density at radius 3 is 2.30 bits per heavy atom. The van der Waals surface area contributed by atoms with Gasteiger partial charge >= 0.3 is 17.8 Å². The minimum atomic E-state index is -4.68. The quantitative estimate of drug-likeness (QED) is 0.0759. The monoisotopic (exact) mass is 620 g/mol. The van der Waals surface area contributed by atoms with Crippen LogP contribution in [0.1, 0.15) is 37.5 Å². The van der Waals surface area contributed by atoms with Gasteiger partial charge in [0.2, 0.25) is 12.0 Å². The van der Waals surface area contributed by atoms with Gasteiger partial charge in [-0.1, -0.05) is 41.5 Å². The fourth-order valence-corrected chi connectivity index (χ4v) is 4.37. The van der Waals surface area contributed by atoms with E-state index in [1.165, 1.54) is 54.6 Å². The van der Waals surface area contributed by atoms with Crippen molar-refractivity contribution in [2.24, 2.45) is 15.3 Å². The molecule has 44 heavy (non-hydrogen) atoms. The third-order valence-corrected chi connectivity index (χ3v) is 6.65. The van der Waals surface area contributed by atoms with Gasteiger partial charge in [0.25, 0.3) is 0 Å². The summed E-state index contributed by atoms with van der Waals surface area (Å²) in [6.07, 6.45) is -9.14. The van der Waals surface area contributed by atoms with Gasteiger partial charge < -0.3 is 34.8 Å². The van der Waals surface area contributed by atoms with E-state index >= 15 is 0 Å². The largest absolute Gasteiger partial charge is 0.508 e. The van der Waals surface area contributed by atoms with Gasteiger partial charge in [0, 0.05) is 17.0 Å². The highest BCUT2D eigenvalue weighted by Crippen LogP contribution is 2.52. The number of benzene rings is 2. The lowest BCUT2D eigenvalue weighted by atomic mass is 9.96. The van der Waals surface area contributed by atoms with Crippen LogP contribution in [0.2, 0.25) is 0 Å². The van der Waals surface area contributed by atoms with Crippen LogP contribution in [-0.4, -0.2) is 70.3 Å². The predicted octanol–water partition coefficient (Wildman–Crippen LogP) is 4.19. The number of nitrogens with zero attached hydrogens (tertiary/aromatic N) is 5. The van der Waals surface area contributed by atoms with Crippen molar-refractivity contribution in [1.82, 2.24) is 5.32 Å². The van der Waals surface area contributed by atoms with Gasteiger partial charge in [-0.2, -0.15) is 13.2 Å². The number of rotatable bonds is 10. The molecule has 2 heterocycles. The molecule has 1 fully saturated rings. The minimum Gasteiger partial charge on any atom is -0.508 e. The topological polar surface area (TPSA) is 191 Å². The van der Waals surface area contributed by atoms with Crippen molar-refractivity contribution in [3.8, 4) is 5.75 Å². The first kappa shape index (κ1) is 32.7. The van der Waals surface area contributed by atoms with Gasteiger partial charge in [-0.3, -0.25) is 0 Å². The Hall–Kier alpha value is -4.21. The van der Waals surface area contributed by atoms with E-state index in [0.29, 0.717) is 11.1 Å². The van der Waals surface area contributed by atoms with Crippen molar-refractivity contribution in [3.05, 3.63) is 81.4 Å². The molecule has 0 saturated carbocycles. The number of ether oxygens (including phenoxy) is 3. The highest BCUT2D eigenvalue weighted by atomic mass is 19.4. The molecule has 5 atom stereocenters. The number of phenols is 1. The van der Waals surface area contributed by atoms with E-state index in [1.54, 1.807) is 20.8 Å². The number of alkyl halides is 3. The second-order valence-corrected chi connectivity index (χ2v) is 11.1. The van der Waals surface area contributed by atoms with E-state index in [1.807, 2.05) is 0 Å². The van der Waals surface area contributed by atoms with Crippen molar-refractivity contribution < 1.29 is 47.5 Å². The van der Waals surface area contributed by atoms with Gasteiger partial charge in [-0.05, 0) is 55.6 Å². The first-order valence-electron chi connectivity index (χ1n) is 13.4. The number of phenolic OH excluding ortho intramolecular Hbond substituents is 1. The maximum Gasteiger partial charge on any atom is 0.442 e. The third kappa shape index (κ3) is 7.65. The fraction of sp³-hybridized carbons (Fsp3) is 0.464. The summed E-state index contributed by atoms with van der Waals surface area (Å²) in [6, 6.07) is 9.91. The van der Waals surface area contributed by atoms with Crippen LogP contribution in [0.25, 0.3) is 16.5 Å². The van der Waals surface area contributed by atoms with Crippen LogP contribution in [0.5, 0.6) is 5.75 Å². The Balaban J connectivity index is 1.60. The molecule has 4 N–H and O–H groups in total. The number of carbonyl (C=O) groups is 1. The molecule has 16 heteroatoms. The van der Waals surface area contributed by atoms with E-state index < -0.39 is 54.1 Å². The summed E-state index contributed by atoms with van der Waals surface area (Å²) >= 11 is 0. The van der Waals surface area contributed by atoms with Crippen molar-refractivity contribution >= 4 is 12.0 Å². The number of azide groups is 1. The second-order valence-electron chi connectivity index (χ2n) is 11.1. The molecule has 0 unspecified atom stereocenters. The SMILES string of the molecule is CC(C)(C)OC(=O)/C(=C/c1ccc(O)cc1)O[C@@H]1O[C@H](CN=[N+]=[N-])[C@H](O)[C@H](O)[C@H]1NCc1ccc(C2(C(F)(F)F)N=N2)cc1. The van der Waals surface area contributed by atoms with Crippen LogP contribution < -0.4 is 5.32 Å². The maximum atomic E-state index is 13.4. The molecule has 0 aliphatic carbocycles. The Labute approximate surface area is 249 Å². The summed E-state index contributed by atoms with van der Waals surface area (Å²) < 4.78 is 57.4. The Bertz CT molecular complexity index is 1430. The minimum absolute atomic E-state index is 0.0118. The number of aromatic hydroxyl groups is 1. The van der Waals surface area contributed by atoms with Gasteiger partial charge in [-0.25, -0.2) is 4.79 Å². The van der Waals surface area contributed by atoms with Crippen LogP contribution >= 0.6 is 0 Å². The van der Waals surface area contributed by atoms with Gasteiger partial charge in [0.15, 0.2) is 0 Å². The van der Waals surface area contributed by atoms with Gasteiger partial charge in [0.05, 0.1) is 18.7 Å². The molecule has 2 aliphatic rings. The molecule has 13 nitrogen and oxygen atoms in total. The van der Waals surface area contributed by atoms with Crippen molar-refractivity contribution in [2.75, 3.05) is 6.54 Å². The first-order chi connectivity index (χ1) is 20.6. The lowest BCUT2D eigenvalue weighted by Gasteiger charge is -2.42. The number of aliphatic hydroxyl groups excluding tert-OH is 2. The van der Waals surface area contributed by atoms with E-state index in [2.05, 4.69) is 25.6 Å². The molecule has 2 aromatic rings. The van der Waals surface area contributed by atoms with Crippen LogP contribution in [0.3, 0.4) is 0 Å². The van der Waals surface area contributed by atoms with E-state index in [0.717, 1.165) is 0 Å². The molecular weight excluding hydrogens is 589 g/mol. The van der Waals surface area contributed by atoms with E-state index in [9.17, 15) is 33.3 Å². The second kappa shape index (κ2) is 12.8. The summed E-state index contributed by atoms with van der Waals surface area (Å²) in [5.74, 6) is -1.24. The standard InChI is InChI=1S/C28H31F3N6O7/c1-26(2,3)44-24(41)19(12-15-6-10-18(38)11-7-15)42-25-21(23(40)22(39)20(43-25)14-34-37-32)33-13-16-4-8-17(9-5-16)27(35-36-27)28(29,30)31/h4-12,20-23,25,33,38-40H,13-14H2,1-3H3/b19-12-/t20-,21-,22+,23-,25-/m1/s1. The smallest absolute Gasteiger partial charge is 0.442 e. The number of halogens is 3. The summed E-state index contributed by atoms with van der Waals surface area (Å²) in [6.45, 7) is 4.54. The number of hydrogen-bond donors (Lipinski definition) is 4. The van der Waals surface area contributed by atoms with Crippen LogP contribution in [0.4, 0.5) is 13.2 Å². The maximum absolute atomic E-state index is 13.4. The van der Waals surface area contributed by atoms with E-state index in [-0.39, 0.29) is 30.2 Å². The highest BCUT2D eigenvalue weighted by Gasteiger charge is 2.65. The van der Waals surface area contributed by atoms with Gasteiger partial charge in [-0.15, -0.1) is 10.2 Å². The van der Waals surface area contributed by atoms with Gasteiger partial charge in [0.1, 0.15) is 23.6 Å². The molecule has 0 bridgehead atoms. The molecule has 0 aromatic heterocycles. The van der Waals surface area contributed by atoms with Crippen LogP contribution in [0.15, 0.2) is 69.6 Å². The number of aliphatic hydroxyl groups is 2. The third-order valence-electron chi connectivity index (χ3n) is 6.65. The Kier molecular flexibility index (Phi) is 9.51. The summed E-state index contributed by atoms with van der Waals surface area (Å²) in [4.78, 5) is 15.8. The molecule has 0 spiro atoms. The molecule has 2 aliphatic heterocycles. The molecule has 1 saturated heterocycles. The number of hydrogen-bond acceptors (Lipinski definition) is 11. The summed E-state index contributed by atoms with van der Waals surface area (Å²) in [5.41, 5.74) is 6.05. The molecule has 2 aromatic carbocycles. The van der Waals surface area contributed by atoms with Crippen LogP contribution in [-0.2, 0) is 31.2 Å². The summed E-state index contributed by atoms with van der Waals surface area (Å²) in [7, 11) is 0. The lowest BCUT2D eigenvalue weighted by Crippen LogP contribution is -2.63. The average molecular weight is 621 g/mol.